The van der Waals surface area contributed by atoms with E-state index < -0.39 is 66.1 Å². The van der Waals surface area contributed by atoms with Crippen molar-refractivity contribution in [3.63, 3.8) is 0 Å². The fourth-order valence-corrected chi connectivity index (χ4v) is 6.44. The molecule has 302 valence electrons. The summed E-state index contributed by atoms with van der Waals surface area (Å²) in [6.07, 6.45) is -16.0. The SMILES string of the molecule is C/C(=N\OS(=O)(=O)c1cc(C)cc(C)c1)c1ccc(OCCCOc2ccc(/C(=N/OS(=O)(=O)c3cc(C(F)(F)F)cc(C(F)(F)F)c3)C(F)(F)F)cc2)cc1. The lowest BCUT2D eigenvalue weighted by molar-refractivity contribution is -0.143. The molecule has 0 aromatic heterocycles. The lowest BCUT2D eigenvalue weighted by Crippen LogP contribution is -2.25. The van der Waals surface area contributed by atoms with Crippen molar-refractivity contribution in [2.24, 2.45) is 10.3 Å². The minimum Gasteiger partial charge on any atom is -0.493 e. The zero-order valence-electron chi connectivity index (χ0n) is 29.1. The van der Waals surface area contributed by atoms with Gasteiger partial charge in [0.15, 0.2) is 5.71 Å². The summed E-state index contributed by atoms with van der Waals surface area (Å²) in [6, 6.07) is 14.1. The Labute approximate surface area is 314 Å². The van der Waals surface area contributed by atoms with E-state index in [1.807, 2.05) is 6.07 Å². The van der Waals surface area contributed by atoms with Gasteiger partial charge in [0.05, 0.1) is 30.1 Å². The largest absolute Gasteiger partial charge is 0.493 e. The van der Waals surface area contributed by atoms with Crippen LogP contribution in [0.1, 0.15) is 46.7 Å². The van der Waals surface area contributed by atoms with Gasteiger partial charge in [-0.05, 0) is 116 Å². The van der Waals surface area contributed by atoms with Crippen LogP contribution >= 0.6 is 0 Å². The van der Waals surface area contributed by atoms with Crippen LogP contribution in [0.25, 0.3) is 0 Å². The monoisotopic (exact) mass is 840 g/mol. The standard InChI is InChI=1S/C35H29F9N2O8S2/c1-21-15-22(2)17-30(16-21)55(47,48)53-45-23(3)24-5-9-28(10-6-24)51-13-4-14-52-29-11-7-25(8-12-29)32(35(42,43)44)46-54-56(49,50)31-19-26(33(36,37)38)18-27(20-31)34(39,40)41/h5-12,15-20H,4,13-14H2,1-3H3/b45-23+,46-32-. The lowest BCUT2D eigenvalue weighted by Gasteiger charge is -2.14. The number of ether oxygens (including phenoxy) is 2. The summed E-state index contributed by atoms with van der Waals surface area (Å²) in [4.78, 5) is -1.76. The van der Waals surface area contributed by atoms with Crippen LogP contribution in [0.3, 0.4) is 0 Å². The summed E-state index contributed by atoms with van der Waals surface area (Å²) in [5, 5.41) is 6.28. The van der Waals surface area contributed by atoms with Crippen molar-refractivity contribution in [2.45, 2.75) is 55.5 Å². The number of benzene rings is 4. The van der Waals surface area contributed by atoms with Crippen molar-refractivity contribution < 1.29 is 74.4 Å². The van der Waals surface area contributed by atoms with E-state index in [9.17, 15) is 56.3 Å². The predicted octanol–water partition coefficient (Wildman–Crippen LogP) is 8.99. The Bertz CT molecular complexity index is 2250. The van der Waals surface area contributed by atoms with Gasteiger partial charge in [-0.15, -0.1) is 0 Å². The van der Waals surface area contributed by atoms with Gasteiger partial charge in [-0.1, -0.05) is 16.4 Å². The number of oxime groups is 2. The number of halogens is 9. The molecule has 0 heterocycles. The maximum Gasteiger partial charge on any atom is 0.437 e. The molecular weight excluding hydrogens is 812 g/mol. The second-order valence-corrected chi connectivity index (χ2v) is 14.9. The van der Waals surface area contributed by atoms with Gasteiger partial charge >= 0.3 is 38.8 Å². The molecule has 4 aromatic carbocycles. The van der Waals surface area contributed by atoms with E-state index in [4.69, 9.17) is 13.8 Å². The van der Waals surface area contributed by atoms with Crippen molar-refractivity contribution in [1.82, 2.24) is 0 Å². The van der Waals surface area contributed by atoms with Crippen LogP contribution in [0.4, 0.5) is 39.5 Å². The average Bonchev–Trinajstić information content (AvgIpc) is 3.09. The topological polar surface area (TPSA) is 130 Å². The fourth-order valence-electron chi connectivity index (χ4n) is 4.69. The predicted molar refractivity (Wildman–Crippen MR) is 182 cm³/mol. The first-order valence-corrected chi connectivity index (χ1v) is 18.6. The van der Waals surface area contributed by atoms with E-state index in [2.05, 4.69) is 14.6 Å². The van der Waals surface area contributed by atoms with E-state index >= 15 is 0 Å². The molecule has 0 fully saturated rings. The molecule has 0 bridgehead atoms. The maximum absolute atomic E-state index is 13.8. The maximum atomic E-state index is 13.8. The highest BCUT2D eigenvalue weighted by Gasteiger charge is 2.40. The molecule has 0 radical (unpaired) electrons. The number of hydrogen-bond donors (Lipinski definition) is 0. The third-order valence-corrected chi connectivity index (χ3v) is 9.49. The first-order chi connectivity index (χ1) is 25.8. The normalized spacial score (nSPS) is 13.4. The second kappa shape index (κ2) is 16.8. The van der Waals surface area contributed by atoms with Gasteiger partial charge in [-0.3, -0.25) is 8.57 Å². The molecule has 0 saturated heterocycles. The number of nitrogens with zero attached hydrogens (tertiary/aromatic N) is 2. The Kier molecular flexibility index (Phi) is 13.0. The van der Waals surface area contributed by atoms with Crippen molar-refractivity contribution in [3.05, 3.63) is 118 Å². The Morgan fingerprint density at radius 1 is 0.571 bits per heavy atom. The van der Waals surface area contributed by atoms with Crippen molar-refractivity contribution in [2.75, 3.05) is 13.2 Å². The smallest absolute Gasteiger partial charge is 0.437 e. The van der Waals surface area contributed by atoms with Gasteiger partial charge in [0.25, 0.3) is 0 Å². The Balaban J connectivity index is 1.32. The molecule has 0 atom stereocenters. The molecule has 0 saturated carbocycles. The molecule has 56 heavy (non-hydrogen) atoms. The highest BCUT2D eigenvalue weighted by Crippen LogP contribution is 2.38. The zero-order valence-corrected chi connectivity index (χ0v) is 30.7. The quantitative estimate of drug-likeness (QED) is 0.0533. The average molecular weight is 841 g/mol. The van der Waals surface area contributed by atoms with E-state index in [0.717, 1.165) is 35.4 Å². The molecule has 0 amide bonds. The van der Waals surface area contributed by atoms with Gasteiger partial charge in [0.2, 0.25) is 0 Å². The van der Waals surface area contributed by atoms with Crippen LogP contribution in [-0.2, 0) is 41.2 Å². The lowest BCUT2D eigenvalue weighted by atomic mass is 10.1. The molecule has 21 heteroatoms. The van der Waals surface area contributed by atoms with E-state index in [-0.39, 0.29) is 47.8 Å². The minimum absolute atomic E-state index is 0.0218. The summed E-state index contributed by atoms with van der Waals surface area (Å²) in [5.41, 5.74) is -4.53. The van der Waals surface area contributed by atoms with Crippen LogP contribution in [0.5, 0.6) is 11.5 Å². The van der Waals surface area contributed by atoms with Crippen LogP contribution < -0.4 is 9.47 Å². The highest BCUT2D eigenvalue weighted by atomic mass is 32.2. The van der Waals surface area contributed by atoms with E-state index in [0.29, 0.717) is 17.7 Å². The van der Waals surface area contributed by atoms with Gasteiger partial charge in [-0.2, -0.15) is 56.3 Å². The molecule has 4 aromatic rings. The minimum atomic E-state index is -5.71. The number of hydrogen-bond acceptors (Lipinski definition) is 10. The van der Waals surface area contributed by atoms with Gasteiger partial charge in [0, 0.05) is 12.0 Å². The van der Waals surface area contributed by atoms with Crippen molar-refractivity contribution >= 4 is 31.7 Å². The Morgan fingerprint density at radius 3 is 1.41 bits per heavy atom. The first kappa shape index (κ1) is 43.4. The van der Waals surface area contributed by atoms with Crippen LogP contribution in [0, 0.1) is 13.8 Å². The third kappa shape index (κ3) is 11.8. The van der Waals surface area contributed by atoms with Gasteiger partial charge < -0.3 is 9.47 Å². The molecule has 0 N–H and O–H groups in total. The highest BCUT2D eigenvalue weighted by molar-refractivity contribution is 7.87. The molecule has 4 rings (SSSR count). The number of aryl methyl sites for hydroxylation is 2. The van der Waals surface area contributed by atoms with E-state index in [1.54, 1.807) is 45.0 Å². The summed E-state index contributed by atoms with van der Waals surface area (Å²) in [7, 11) is -9.86. The second-order valence-electron chi connectivity index (χ2n) is 11.8. The summed E-state index contributed by atoms with van der Waals surface area (Å²) in [6.45, 7) is 5.21. The van der Waals surface area contributed by atoms with Crippen molar-refractivity contribution in [1.29, 1.82) is 0 Å². The number of rotatable bonds is 14. The van der Waals surface area contributed by atoms with Crippen LogP contribution in [-0.4, -0.2) is 47.6 Å². The molecule has 10 nitrogen and oxygen atoms in total. The third-order valence-electron chi connectivity index (χ3n) is 7.33. The molecular formula is C35H29F9N2O8S2. The molecule has 0 aliphatic rings. The molecule has 0 aliphatic carbocycles. The summed E-state index contributed by atoms with van der Waals surface area (Å²) >= 11 is 0. The van der Waals surface area contributed by atoms with Gasteiger partial charge in [-0.25, -0.2) is 0 Å². The van der Waals surface area contributed by atoms with Crippen molar-refractivity contribution in [3.8, 4) is 11.5 Å². The Hall–Kier alpha value is -5.31. The summed E-state index contributed by atoms with van der Waals surface area (Å²) < 4.78 is 190. The van der Waals surface area contributed by atoms with Crippen LogP contribution in [0.15, 0.2) is 105 Å². The fraction of sp³-hybridized carbons (Fsp3) is 0.257. The number of alkyl halides is 9. The molecule has 0 aliphatic heterocycles. The Morgan fingerprint density at radius 2 is 0.982 bits per heavy atom. The molecule has 0 spiro atoms. The van der Waals surface area contributed by atoms with Gasteiger partial charge in [0.1, 0.15) is 21.3 Å². The zero-order chi connectivity index (χ0) is 41.7. The molecule has 0 unspecified atom stereocenters. The summed E-state index contributed by atoms with van der Waals surface area (Å²) in [5.74, 6) is 0.500. The van der Waals surface area contributed by atoms with Crippen LogP contribution in [0.2, 0.25) is 0 Å². The van der Waals surface area contributed by atoms with E-state index in [1.165, 1.54) is 12.1 Å². The first-order valence-electron chi connectivity index (χ1n) is 15.8.